The maximum Gasteiger partial charge on any atom is 0.321 e. The molecular weight excluding hydrogens is 254 g/mol. The lowest BCUT2D eigenvalue weighted by molar-refractivity contribution is 0.213. The van der Waals surface area contributed by atoms with Gasteiger partial charge in [0.1, 0.15) is 11.6 Å². The first-order valence-corrected chi connectivity index (χ1v) is 8.10. The van der Waals surface area contributed by atoms with Gasteiger partial charge in [-0.1, -0.05) is 6.07 Å². The van der Waals surface area contributed by atoms with E-state index < -0.39 is 20.9 Å². The highest BCUT2D eigenvalue weighted by molar-refractivity contribution is 6.44. The largest absolute Gasteiger partial charge is 0.397 e. The molecule has 1 aromatic carbocycles. The molecule has 0 atom stereocenters. The summed E-state index contributed by atoms with van der Waals surface area (Å²) in [6.45, 7) is 5.20. The summed E-state index contributed by atoms with van der Waals surface area (Å²) in [6.07, 6.45) is 1.40. The van der Waals surface area contributed by atoms with Crippen LogP contribution in [0.15, 0.2) is 18.2 Å². The van der Waals surface area contributed by atoms with E-state index in [1.54, 1.807) is 0 Å². The summed E-state index contributed by atoms with van der Waals surface area (Å²) in [5.41, 5.74) is 0.553. The van der Waals surface area contributed by atoms with Crippen LogP contribution in [0.4, 0.5) is 8.78 Å². The molecule has 0 N–H and O–H groups in total. The number of rotatable bonds is 8. The second-order valence-corrected chi connectivity index (χ2v) is 6.07. The number of benzene rings is 1. The second kappa shape index (κ2) is 8.34. The Morgan fingerprint density at radius 3 is 2.33 bits per heavy atom. The quantitative estimate of drug-likeness (QED) is 0.678. The van der Waals surface area contributed by atoms with Crippen molar-refractivity contribution in [1.29, 1.82) is 0 Å². The summed E-state index contributed by atoms with van der Waals surface area (Å²) >= 11 is 0. The third kappa shape index (κ3) is 5.24. The van der Waals surface area contributed by atoms with Crippen molar-refractivity contribution in [3.63, 3.8) is 0 Å². The van der Waals surface area contributed by atoms with Gasteiger partial charge in [0.2, 0.25) is 0 Å². The zero-order valence-electron chi connectivity index (χ0n) is 10.9. The summed E-state index contributed by atoms with van der Waals surface area (Å²) in [4.78, 5) is 0. The van der Waals surface area contributed by atoms with Gasteiger partial charge < -0.3 is 8.85 Å². The van der Waals surface area contributed by atoms with Crippen molar-refractivity contribution in [3.05, 3.63) is 35.4 Å². The molecule has 0 heterocycles. The molecule has 0 saturated carbocycles. The first-order chi connectivity index (χ1) is 8.67. The molecule has 1 rings (SSSR count). The van der Waals surface area contributed by atoms with Gasteiger partial charge in [0.05, 0.1) is 0 Å². The molecule has 2 nitrogen and oxygen atoms in total. The zero-order chi connectivity index (χ0) is 13.4. The first kappa shape index (κ1) is 15.3. The van der Waals surface area contributed by atoms with Crippen molar-refractivity contribution in [1.82, 2.24) is 0 Å². The average Bonchev–Trinajstić information content (AvgIpc) is 2.32. The molecule has 0 amide bonds. The highest BCUT2D eigenvalue weighted by Crippen LogP contribution is 2.14. The summed E-state index contributed by atoms with van der Waals surface area (Å²) in [6, 6.07) is 4.56. The van der Waals surface area contributed by atoms with E-state index in [-0.39, 0.29) is 0 Å². The fourth-order valence-corrected chi connectivity index (χ4v) is 3.48. The molecule has 0 saturated heterocycles. The van der Waals surface area contributed by atoms with Gasteiger partial charge in [-0.25, -0.2) is 8.78 Å². The molecule has 0 aliphatic carbocycles. The highest BCUT2D eigenvalue weighted by Gasteiger charge is 2.12. The molecule has 0 unspecified atom stereocenters. The Bertz CT molecular complexity index is 355. The van der Waals surface area contributed by atoms with Gasteiger partial charge in [-0.15, -0.1) is 0 Å². The standard InChI is InChI=1S/C13H20F2O2Si/c1-3-16-18(17-4-2)9-5-6-11-7-8-12(14)10-13(11)15/h7-8,10,18H,3-6,9H2,1-2H3. The van der Waals surface area contributed by atoms with Gasteiger partial charge in [-0.05, 0) is 44.4 Å². The number of halogens is 2. The molecule has 0 radical (unpaired) electrons. The lowest BCUT2D eigenvalue weighted by atomic mass is 10.1. The number of aryl methyl sites for hydroxylation is 1. The van der Waals surface area contributed by atoms with Crippen LogP contribution in [0.1, 0.15) is 25.8 Å². The first-order valence-electron chi connectivity index (χ1n) is 6.34. The van der Waals surface area contributed by atoms with E-state index in [1.807, 2.05) is 13.8 Å². The van der Waals surface area contributed by atoms with E-state index in [2.05, 4.69) is 0 Å². The van der Waals surface area contributed by atoms with Gasteiger partial charge in [0.25, 0.3) is 0 Å². The fourth-order valence-electron chi connectivity index (χ4n) is 1.77. The Hall–Kier alpha value is -0.783. The van der Waals surface area contributed by atoms with Crippen LogP contribution in [-0.2, 0) is 15.3 Å². The van der Waals surface area contributed by atoms with Crippen molar-refractivity contribution < 1.29 is 17.6 Å². The van der Waals surface area contributed by atoms with Crippen LogP contribution < -0.4 is 0 Å². The van der Waals surface area contributed by atoms with E-state index >= 15 is 0 Å². The van der Waals surface area contributed by atoms with Gasteiger partial charge in [0.15, 0.2) is 0 Å². The van der Waals surface area contributed by atoms with Crippen molar-refractivity contribution in [2.75, 3.05) is 13.2 Å². The maximum atomic E-state index is 13.4. The van der Waals surface area contributed by atoms with Crippen molar-refractivity contribution in [3.8, 4) is 0 Å². The molecule has 0 fully saturated rings. The molecule has 1 aromatic rings. The fraction of sp³-hybridized carbons (Fsp3) is 0.538. The van der Waals surface area contributed by atoms with Crippen LogP contribution in [0.5, 0.6) is 0 Å². The summed E-state index contributed by atoms with van der Waals surface area (Å²) < 4.78 is 37.2. The third-order valence-electron chi connectivity index (χ3n) is 2.61. The van der Waals surface area contributed by atoms with E-state index in [0.29, 0.717) is 25.2 Å². The molecule has 0 aliphatic rings. The van der Waals surface area contributed by atoms with Gasteiger partial charge in [0, 0.05) is 19.3 Å². The van der Waals surface area contributed by atoms with Crippen molar-refractivity contribution >= 4 is 9.28 Å². The number of hydrogen-bond acceptors (Lipinski definition) is 2. The topological polar surface area (TPSA) is 18.5 Å². The SMILES string of the molecule is CCO[SiH](CCCc1ccc(F)cc1F)OCC. The van der Waals surface area contributed by atoms with Crippen LogP contribution in [-0.4, -0.2) is 22.5 Å². The molecule has 0 spiro atoms. The Kier molecular flexibility index (Phi) is 7.08. The van der Waals surface area contributed by atoms with E-state index in [0.717, 1.165) is 18.5 Å². The molecule has 18 heavy (non-hydrogen) atoms. The van der Waals surface area contributed by atoms with Crippen LogP contribution in [0.2, 0.25) is 6.04 Å². The normalized spacial score (nSPS) is 11.2. The smallest absolute Gasteiger partial charge is 0.321 e. The molecule has 0 bridgehead atoms. The van der Waals surface area contributed by atoms with Gasteiger partial charge >= 0.3 is 9.28 Å². The maximum absolute atomic E-state index is 13.4. The Labute approximate surface area is 109 Å². The Morgan fingerprint density at radius 2 is 1.78 bits per heavy atom. The molecule has 0 aliphatic heterocycles. The van der Waals surface area contributed by atoms with Crippen LogP contribution in [0, 0.1) is 11.6 Å². The summed E-state index contributed by atoms with van der Waals surface area (Å²) in [7, 11) is -1.60. The lowest BCUT2D eigenvalue weighted by Gasteiger charge is -2.14. The lowest BCUT2D eigenvalue weighted by Crippen LogP contribution is -2.22. The van der Waals surface area contributed by atoms with E-state index in [1.165, 1.54) is 12.1 Å². The highest BCUT2D eigenvalue weighted by atomic mass is 28.3. The monoisotopic (exact) mass is 274 g/mol. The Morgan fingerprint density at radius 1 is 1.11 bits per heavy atom. The molecule has 0 aromatic heterocycles. The minimum atomic E-state index is -1.60. The Balaban J connectivity index is 2.39. The molecular formula is C13H20F2O2Si. The van der Waals surface area contributed by atoms with E-state index in [9.17, 15) is 8.78 Å². The third-order valence-corrected chi connectivity index (χ3v) is 4.90. The van der Waals surface area contributed by atoms with Crippen molar-refractivity contribution in [2.45, 2.75) is 32.7 Å². The molecule has 102 valence electrons. The average molecular weight is 274 g/mol. The molecule has 5 heteroatoms. The predicted octanol–water partition coefficient (Wildman–Crippen LogP) is 3.19. The van der Waals surface area contributed by atoms with E-state index in [4.69, 9.17) is 8.85 Å². The minimum Gasteiger partial charge on any atom is -0.397 e. The second-order valence-electron chi connectivity index (χ2n) is 3.97. The number of hydrogen-bond donors (Lipinski definition) is 0. The van der Waals surface area contributed by atoms with Crippen molar-refractivity contribution in [2.24, 2.45) is 0 Å². The summed E-state index contributed by atoms with van der Waals surface area (Å²) in [5.74, 6) is -1.01. The van der Waals surface area contributed by atoms with Gasteiger partial charge in [-0.3, -0.25) is 0 Å². The van der Waals surface area contributed by atoms with Crippen LogP contribution in [0.25, 0.3) is 0 Å². The minimum absolute atomic E-state index is 0.471. The predicted molar refractivity (Wildman–Crippen MR) is 69.9 cm³/mol. The van der Waals surface area contributed by atoms with Crippen LogP contribution in [0.3, 0.4) is 0 Å². The van der Waals surface area contributed by atoms with Gasteiger partial charge in [-0.2, -0.15) is 0 Å². The summed E-state index contributed by atoms with van der Waals surface area (Å²) in [5, 5.41) is 0. The zero-order valence-corrected chi connectivity index (χ0v) is 12.1. The van der Waals surface area contributed by atoms with Crippen LogP contribution >= 0.6 is 0 Å².